The Bertz CT molecular complexity index is 1220. The van der Waals surface area contributed by atoms with Gasteiger partial charge in [0.15, 0.2) is 0 Å². The first-order valence-corrected chi connectivity index (χ1v) is 12.9. The average Bonchev–Trinajstić information content (AvgIpc) is 3.42. The second kappa shape index (κ2) is 12.9. The molecule has 2 heterocycles. The maximum absolute atomic E-state index is 14.3. The minimum absolute atomic E-state index is 0.157. The summed E-state index contributed by atoms with van der Waals surface area (Å²) in [5.74, 6) is -1.48. The number of methoxy groups -OCH3 is 1. The van der Waals surface area contributed by atoms with E-state index in [1.165, 1.54) is 18.3 Å². The number of aromatic amines is 1. The van der Waals surface area contributed by atoms with Crippen molar-refractivity contribution in [1.82, 2.24) is 25.6 Å². The summed E-state index contributed by atoms with van der Waals surface area (Å²) in [7, 11) is 1.67. The number of amides is 1. The molecule has 1 amide bonds. The van der Waals surface area contributed by atoms with Crippen molar-refractivity contribution >= 4 is 23.5 Å². The van der Waals surface area contributed by atoms with E-state index < -0.39 is 12.0 Å². The number of hydrogen-bond donors (Lipinski definition) is 2. The second-order valence-electron chi connectivity index (χ2n) is 9.33. The molecule has 2 unspecified atom stereocenters. The van der Waals surface area contributed by atoms with E-state index in [2.05, 4.69) is 25.6 Å². The Kier molecular flexibility index (Phi) is 9.43. The van der Waals surface area contributed by atoms with Gasteiger partial charge >= 0.3 is 5.97 Å². The van der Waals surface area contributed by atoms with Crippen molar-refractivity contribution in [2.75, 3.05) is 33.4 Å². The Hall–Kier alpha value is -3.34. The molecule has 1 aromatic heterocycles. The molecule has 9 nitrogen and oxygen atoms in total. The maximum Gasteiger partial charge on any atom is 0.310 e. The van der Waals surface area contributed by atoms with Crippen molar-refractivity contribution < 1.29 is 23.5 Å². The van der Waals surface area contributed by atoms with Gasteiger partial charge in [0.1, 0.15) is 11.5 Å². The summed E-state index contributed by atoms with van der Waals surface area (Å²) < 4.78 is 25.0. The van der Waals surface area contributed by atoms with Gasteiger partial charge in [-0.1, -0.05) is 41.1 Å². The van der Waals surface area contributed by atoms with E-state index in [9.17, 15) is 14.0 Å². The summed E-state index contributed by atoms with van der Waals surface area (Å²) in [4.78, 5) is 27.9. The van der Waals surface area contributed by atoms with Crippen LogP contribution in [0.4, 0.5) is 4.39 Å². The fourth-order valence-electron chi connectivity index (χ4n) is 4.57. The van der Waals surface area contributed by atoms with Crippen LogP contribution < -0.4 is 5.32 Å². The minimum atomic E-state index is -0.447. The van der Waals surface area contributed by atoms with E-state index in [0.29, 0.717) is 35.5 Å². The fraction of sp³-hybridized carbons (Fsp3) is 0.407. The van der Waals surface area contributed by atoms with Crippen LogP contribution in [0.5, 0.6) is 0 Å². The molecule has 0 bridgehead atoms. The van der Waals surface area contributed by atoms with E-state index in [-0.39, 0.29) is 36.1 Å². The number of benzene rings is 2. The third kappa shape index (κ3) is 7.15. The third-order valence-corrected chi connectivity index (χ3v) is 6.83. The standard InChI is InChI=1S/C27H31ClFN5O4/c1-3-38-27(36)19(14-34-15-22(16-34)37-2)11-21(31-26(35)25-13-30-33-32-25)10-17-4-6-18(7-5-17)23-12-20(28)8-9-24(23)29/h4-9,12-13,19,21-22H,3,10-11,14-16H2,1-2H3,(H,31,35)(H,30,32,33). The Morgan fingerprint density at radius 2 is 2.00 bits per heavy atom. The number of aromatic nitrogens is 3. The number of carbonyl (C=O) groups excluding carboxylic acids is 2. The first-order valence-electron chi connectivity index (χ1n) is 12.5. The number of nitrogens with one attached hydrogen (secondary N) is 2. The summed E-state index contributed by atoms with van der Waals surface area (Å²) in [6.45, 7) is 4.03. The molecule has 1 aliphatic rings. The highest BCUT2D eigenvalue weighted by Gasteiger charge is 2.33. The number of carbonyl (C=O) groups is 2. The zero-order valence-corrected chi connectivity index (χ0v) is 22.1. The van der Waals surface area contributed by atoms with Gasteiger partial charge in [-0.05, 0) is 49.1 Å². The lowest BCUT2D eigenvalue weighted by molar-refractivity contribution is -0.150. The van der Waals surface area contributed by atoms with Gasteiger partial charge in [-0.15, -0.1) is 5.10 Å². The number of H-pyrrole nitrogens is 1. The van der Waals surface area contributed by atoms with Crippen LogP contribution in [-0.2, 0) is 20.7 Å². The molecule has 0 radical (unpaired) electrons. The van der Waals surface area contributed by atoms with E-state index >= 15 is 0 Å². The van der Waals surface area contributed by atoms with Gasteiger partial charge in [0.2, 0.25) is 0 Å². The molecule has 2 N–H and O–H groups in total. The number of rotatable bonds is 12. The average molecular weight is 544 g/mol. The molecule has 0 aliphatic carbocycles. The van der Waals surface area contributed by atoms with Gasteiger partial charge in [-0.2, -0.15) is 0 Å². The molecule has 3 aromatic rings. The lowest BCUT2D eigenvalue weighted by atomic mass is 9.92. The van der Waals surface area contributed by atoms with Crippen LogP contribution in [0, 0.1) is 11.7 Å². The molecule has 0 saturated carbocycles. The summed E-state index contributed by atoms with van der Waals surface area (Å²) in [6, 6.07) is 11.4. The molecule has 2 atom stereocenters. The molecule has 1 saturated heterocycles. The van der Waals surface area contributed by atoms with Crippen molar-refractivity contribution in [3.8, 4) is 11.1 Å². The van der Waals surface area contributed by atoms with Crippen molar-refractivity contribution in [3.63, 3.8) is 0 Å². The zero-order valence-electron chi connectivity index (χ0n) is 21.3. The summed E-state index contributed by atoms with van der Waals surface area (Å²) in [5, 5.41) is 13.3. The zero-order chi connectivity index (χ0) is 27.1. The summed E-state index contributed by atoms with van der Waals surface area (Å²) in [5.41, 5.74) is 2.23. The predicted octanol–water partition coefficient (Wildman–Crippen LogP) is 3.51. The van der Waals surface area contributed by atoms with E-state index in [1.807, 2.05) is 24.3 Å². The summed E-state index contributed by atoms with van der Waals surface area (Å²) >= 11 is 6.05. The smallest absolute Gasteiger partial charge is 0.310 e. The molecule has 202 valence electrons. The van der Waals surface area contributed by atoms with E-state index in [4.69, 9.17) is 21.1 Å². The van der Waals surface area contributed by atoms with Gasteiger partial charge in [-0.3, -0.25) is 19.6 Å². The Morgan fingerprint density at radius 3 is 2.66 bits per heavy atom. The van der Waals surface area contributed by atoms with Gasteiger partial charge in [-0.25, -0.2) is 4.39 Å². The van der Waals surface area contributed by atoms with Crippen molar-refractivity contribution in [3.05, 3.63) is 70.8 Å². The van der Waals surface area contributed by atoms with Crippen molar-refractivity contribution in [2.45, 2.75) is 31.9 Å². The quantitative estimate of drug-likeness (QED) is 0.336. The van der Waals surface area contributed by atoms with Crippen molar-refractivity contribution in [1.29, 1.82) is 0 Å². The number of likely N-dealkylation sites (tertiary alicyclic amines) is 1. The molecule has 38 heavy (non-hydrogen) atoms. The van der Waals surface area contributed by atoms with Crippen LogP contribution in [0.25, 0.3) is 11.1 Å². The van der Waals surface area contributed by atoms with Crippen LogP contribution in [0.2, 0.25) is 5.02 Å². The first-order chi connectivity index (χ1) is 18.4. The van der Waals surface area contributed by atoms with Crippen LogP contribution in [0.1, 0.15) is 29.4 Å². The Labute approximate surface area is 225 Å². The lowest BCUT2D eigenvalue weighted by Crippen LogP contribution is -2.54. The van der Waals surface area contributed by atoms with E-state index in [0.717, 1.165) is 18.7 Å². The highest BCUT2D eigenvalue weighted by atomic mass is 35.5. The highest BCUT2D eigenvalue weighted by molar-refractivity contribution is 6.30. The third-order valence-electron chi connectivity index (χ3n) is 6.59. The second-order valence-corrected chi connectivity index (χ2v) is 9.76. The largest absolute Gasteiger partial charge is 0.466 e. The van der Waals surface area contributed by atoms with Crippen molar-refractivity contribution in [2.24, 2.45) is 5.92 Å². The predicted molar refractivity (Wildman–Crippen MR) is 140 cm³/mol. The van der Waals surface area contributed by atoms with Gasteiger partial charge in [0, 0.05) is 43.4 Å². The maximum atomic E-state index is 14.3. The first kappa shape index (κ1) is 27.7. The fourth-order valence-corrected chi connectivity index (χ4v) is 4.74. The number of nitrogens with zero attached hydrogens (tertiary/aromatic N) is 3. The van der Waals surface area contributed by atoms with E-state index in [1.54, 1.807) is 20.1 Å². The van der Waals surface area contributed by atoms with Crippen LogP contribution in [0.3, 0.4) is 0 Å². The monoisotopic (exact) mass is 543 g/mol. The highest BCUT2D eigenvalue weighted by Crippen LogP contribution is 2.27. The lowest BCUT2D eigenvalue weighted by Gasteiger charge is -2.40. The van der Waals surface area contributed by atoms with Crippen LogP contribution in [0.15, 0.2) is 48.7 Å². The molecule has 2 aromatic carbocycles. The SMILES string of the molecule is CCOC(=O)C(CC(Cc1ccc(-c2cc(Cl)ccc2F)cc1)NC(=O)c1cnn[nH]1)CN1CC(OC)C1. The minimum Gasteiger partial charge on any atom is -0.466 e. The number of esters is 1. The number of hydrogen-bond acceptors (Lipinski definition) is 7. The number of ether oxygens (including phenoxy) is 2. The topological polar surface area (TPSA) is 109 Å². The number of halogens is 2. The van der Waals surface area contributed by atoms with Crippen LogP contribution >= 0.6 is 11.6 Å². The Balaban J connectivity index is 1.52. The normalized spacial score (nSPS) is 15.5. The molecule has 1 fully saturated rings. The van der Waals surface area contributed by atoms with Gasteiger partial charge < -0.3 is 14.8 Å². The molecule has 11 heteroatoms. The van der Waals surface area contributed by atoms with Gasteiger partial charge in [0.05, 0.1) is 24.8 Å². The molecule has 4 rings (SSSR count). The molecular formula is C27H31ClFN5O4. The summed E-state index contributed by atoms with van der Waals surface area (Å²) in [6.07, 6.45) is 2.31. The molecule has 1 aliphatic heterocycles. The Morgan fingerprint density at radius 1 is 1.24 bits per heavy atom. The van der Waals surface area contributed by atoms with Gasteiger partial charge in [0.25, 0.3) is 5.91 Å². The van der Waals surface area contributed by atoms with Crippen LogP contribution in [-0.4, -0.2) is 77.7 Å². The molecule has 0 spiro atoms. The molecular weight excluding hydrogens is 513 g/mol.